The Morgan fingerprint density at radius 2 is 1.82 bits per heavy atom. The summed E-state index contributed by atoms with van der Waals surface area (Å²) in [5.74, 6) is -0.838. The summed E-state index contributed by atoms with van der Waals surface area (Å²) in [7, 11) is -3.76. The van der Waals surface area contributed by atoms with Crippen molar-refractivity contribution >= 4 is 27.0 Å². The number of nitrogens with zero attached hydrogens (tertiary/aromatic N) is 2. The number of sulfonamides is 1. The number of rotatable bonds is 3. The van der Waals surface area contributed by atoms with E-state index in [0.717, 1.165) is 38.8 Å². The lowest BCUT2D eigenvalue weighted by Crippen LogP contribution is -2.46. The number of likely N-dealkylation sites (tertiary alicyclic amines) is 1. The standard InChI is InChI=1S/C19H25N3O5S/c23-18(21-9-3-1-2-4-10-21)14-6-5-11-22(13-14)28(25,26)15-7-8-16-17(12-15)27-19(24)20-16/h7-8,12,14H,1-6,9-11,13H2,(H,20,24). The maximum atomic E-state index is 13.1. The second kappa shape index (κ2) is 7.71. The number of carbonyl (C=O) groups excluding carboxylic acids is 1. The van der Waals surface area contributed by atoms with Crippen LogP contribution >= 0.6 is 0 Å². The molecule has 2 fully saturated rings. The molecule has 2 aliphatic heterocycles. The molecule has 1 amide bonds. The zero-order valence-electron chi connectivity index (χ0n) is 15.7. The topological polar surface area (TPSA) is 104 Å². The highest BCUT2D eigenvalue weighted by Crippen LogP contribution is 2.27. The van der Waals surface area contributed by atoms with Crippen molar-refractivity contribution in [2.24, 2.45) is 5.92 Å². The van der Waals surface area contributed by atoms with E-state index in [-0.39, 0.29) is 28.8 Å². The Labute approximate surface area is 163 Å². The quantitative estimate of drug-likeness (QED) is 0.837. The number of nitrogens with one attached hydrogen (secondary N) is 1. The van der Waals surface area contributed by atoms with Gasteiger partial charge < -0.3 is 9.32 Å². The molecule has 4 rings (SSSR count). The molecule has 0 radical (unpaired) electrons. The molecular formula is C19H25N3O5S. The number of hydrogen-bond donors (Lipinski definition) is 1. The maximum Gasteiger partial charge on any atom is 0.417 e. The van der Waals surface area contributed by atoms with Gasteiger partial charge in [-0.3, -0.25) is 9.78 Å². The van der Waals surface area contributed by atoms with Crippen LogP contribution in [0.3, 0.4) is 0 Å². The van der Waals surface area contributed by atoms with Gasteiger partial charge in [0.1, 0.15) is 0 Å². The molecule has 0 bridgehead atoms. The molecule has 8 nitrogen and oxygen atoms in total. The predicted molar refractivity (Wildman–Crippen MR) is 103 cm³/mol. The molecule has 0 spiro atoms. The monoisotopic (exact) mass is 407 g/mol. The highest BCUT2D eigenvalue weighted by molar-refractivity contribution is 7.89. The van der Waals surface area contributed by atoms with Crippen molar-refractivity contribution in [2.45, 2.75) is 43.4 Å². The molecule has 0 aliphatic carbocycles. The normalized spacial score (nSPS) is 22.3. The predicted octanol–water partition coefficient (Wildman–Crippen LogP) is 1.92. The van der Waals surface area contributed by atoms with Crippen molar-refractivity contribution in [1.82, 2.24) is 14.2 Å². The largest absolute Gasteiger partial charge is 0.417 e. The number of piperidine rings is 1. The number of oxazole rings is 1. The molecule has 1 N–H and O–H groups in total. The van der Waals surface area contributed by atoms with E-state index in [4.69, 9.17) is 4.42 Å². The summed E-state index contributed by atoms with van der Waals surface area (Å²) in [4.78, 5) is 28.7. The van der Waals surface area contributed by atoms with Crippen molar-refractivity contribution in [1.29, 1.82) is 0 Å². The highest BCUT2D eigenvalue weighted by atomic mass is 32.2. The third kappa shape index (κ3) is 3.73. The van der Waals surface area contributed by atoms with Crippen LogP contribution in [0.15, 0.2) is 32.3 Å². The third-order valence-electron chi connectivity index (χ3n) is 5.68. The van der Waals surface area contributed by atoms with Crippen molar-refractivity contribution in [3.05, 3.63) is 28.7 Å². The fraction of sp³-hybridized carbons (Fsp3) is 0.579. The average molecular weight is 407 g/mol. The van der Waals surface area contributed by atoms with Crippen molar-refractivity contribution in [3.8, 4) is 0 Å². The number of aromatic amines is 1. The van der Waals surface area contributed by atoms with E-state index in [1.165, 1.54) is 22.5 Å². The molecule has 9 heteroatoms. The number of benzene rings is 1. The number of amides is 1. The maximum absolute atomic E-state index is 13.1. The number of carbonyl (C=O) groups is 1. The van der Waals surface area contributed by atoms with E-state index < -0.39 is 15.8 Å². The summed E-state index contributed by atoms with van der Waals surface area (Å²) in [5, 5.41) is 0. The molecule has 2 aromatic rings. The zero-order chi connectivity index (χ0) is 19.7. The number of H-pyrrole nitrogens is 1. The first-order chi connectivity index (χ1) is 13.4. The highest BCUT2D eigenvalue weighted by Gasteiger charge is 2.35. The summed E-state index contributed by atoms with van der Waals surface area (Å²) in [6, 6.07) is 4.35. The second-order valence-corrected chi connectivity index (χ2v) is 9.55. The van der Waals surface area contributed by atoms with Gasteiger partial charge >= 0.3 is 5.76 Å². The Kier molecular flexibility index (Phi) is 5.29. The fourth-order valence-electron chi connectivity index (χ4n) is 4.15. The van der Waals surface area contributed by atoms with Crippen LogP contribution < -0.4 is 5.76 Å². The number of fused-ring (bicyclic) bond motifs is 1. The Bertz CT molecular complexity index is 1020. The SMILES string of the molecule is O=C(C1CCCN(S(=O)(=O)c2ccc3[nH]c(=O)oc3c2)C1)N1CCCCCC1. The van der Waals surface area contributed by atoms with Crippen LogP contribution in [0.25, 0.3) is 11.1 Å². The minimum atomic E-state index is -3.76. The van der Waals surface area contributed by atoms with E-state index in [1.807, 2.05) is 4.90 Å². The zero-order valence-corrected chi connectivity index (χ0v) is 16.5. The number of aromatic nitrogens is 1. The summed E-state index contributed by atoms with van der Waals surface area (Å²) >= 11 is 0. The van der Waals surface area contributed by atoms with Crippen LogP contribution in [-0.4, -0.2) is 54.7 Å². The van der Waals surface area contributed by atoms with Crippen LogP contribution in [0.5, 0.6) is 0 Å². The Hall–Kier alpha value is -2.13. The van der Waals surface area contributed by atoms with E-state index in [1.54, 1.807) is 0 Å². The van der Waals surface area contributed by atoms with Gasteiger partial charge in [0.2, 0.25) is 15.9 Å². The van der Waals surface area contributed by atoms with Gasteiger partial charge in [0, 0.05) is 32.2 Å². The Morgan fingerprint density at radius 1 is 1.07 bits per heavy atom. The first-order valence-electron chi connectivity index (χ1n) is 9.87. The minimum absolute atomic E-state index is 0.0746. The summed E-state index contributed by atoms with van der Waals surface area (Å²) in [6.45, 7) is 2.13. The smallest absolute Gasteiger partial charge is 0.408 e. The Balaban J connectivity index is 1.53. The minimum Gasteiger partial charge on any atom is -0.408 e. The average Bonchev–Trinajstić information content (AvgIpc) is 2.89. The van der Waals surface area contributed by atoms with E-state index in [2.05, 4.69) is 4.98 Å². The molecule has 0 saturated carbocycles. The van der Waals surface area contributed by atoms with Crippen LogP contribution in [0.1, 0.15) is 38.5 Å². The Morgan fingerprint density at radius 3 is 2.57 bits per heavy atom. The van der Waals surface area contributed by atoms with Crippen molar-refractivity contribution in [3.63, 3.8) is 0 Å². The van der Waals surface area contributed by atoms with Gasteiger partial charge in [-0.05, 0) is 37.8 Å². The molecule has 152 valence electrons. The molecule has 1 unspecified atom stereocenters. The van der Waals surface area contributed by atoms with Gasteiger partial charge in [-0.2, -0.15) is 4.31 Å². The van der Waals surface area contributed by atoms with Crippen molar-refractivity contribution in [2.75, 3.05) is 26.2 Å². The fourth-order valence-corrected chi connectivity index (χ4v) is 5.69. The lowest BCUT2D eigenvalue weighted by molar-refractivity contribution is -0.136. The second-order valence-electron chi connectivity index (χ2n) is 7.61. The van der Waals surface area contributed by atoms with Crippen LogP contribution in [-0.2, 0) is 14.8 Å². The molecule has 2 saturated heterocycles. The summed E-state index contributed by atoms with van der Waals surface area (Å²) in [5.41, 5.74) is 0.664. The van der Waals surface area contributed by atoms with Gasteiger partial charge in [-0.25, -0.2) is 13.2 Å². The van der Waals surface area contributed by atoms with Crippen molar-refractivity contribution < 1.29 is 17.6 Å². The van der Waals surface area contributed by atoms with Gasteiger partial charge in [-0.15, -0.1) is 0 Å². The lowest BCUT2D eigenvalue weighted by atomic mass is 9.98. The summed E-state index contributed by atoms with van der Waals surface area (Å²) in [6.07, 6.45) is 5.70. The van der Waals surface area contributed by atoms with Gasteiger partial charge in [0.25, 0.3) is 0 Å². The van der Waals surface area contributed by atoms with Gasteiger partial charge in [0.05, 0.1) is 16.3 Å². The van der Waals surface area contributed by atoms with E-state index >= 15 is 0 Å². The molecule has 1 aromatic carbocycles. The molecule has 3 heterocycles. The van der Waals surface area contributed by atoms with Gasteiger partial charge in [0.15, 0.2) is 5.58 Å². The number of hydrogen-bond acceptors (Lipinski definition) is 5. The molecule has 28 heavy (non-hydrogen) atoms. The van der Waals surface area contributed by atoms with E-state index in [0.29, 0.717) is 24.9 Å². The third-order valence-corrected chi connectivity index (χ3v) is 7.54. The molecule has 1 atom stereocenters. The first kappa shape index (κ1) is 19.2. The van der Waals surface area contributed by atoms with Crippen LogP contribution in [0.4, 0.5) is 0 Å². The molecular weight excluding hydrogens is 382 g/mol. The molecule has 1 aromatic heterocycles. The first-order valence-corrected chi connectivity index (χ1v) is 11.3. The van der Waals surface area contributed by atoms with E-state index in [9.17, 15) is 18.0 Å². The molecule has 2 aliphatic rings. The van der Waals surface area contributed by atoms with Crippen LogP contribution in [0.2, 0.25) is 0 Å². The van der Waals surface area contributed by atoms with Gasteiger partial charge in [-0.1, -0.05) is 12.8 Å². The van der Waals surface area contributed by atoms with Crippen LogP contribution in [0, 0.1) is 5.92 Å². The lowest BCUT2D eigenvalue weighted by Gasteiger charge is -2.34. The summed E-state index contributed by atoms with van der Waals surface area (Å²) < 4.78 is 32.6.